The summed E-state index contributed by atoms with van der Waals surface area (Å²) < 4.78 is 41.5. The van der Waals surface area contributed by atoms with Gasteiger partial charge in [-0.25, -0.2) is 14.5 Å². The number of rotatable bonds is 10. The number of anilines is 1. The van der Waals surface area contributed by atoms with Crippen LogP contribution in [0.15, 0.2) is 47.3 Å². The lowest BCUT2D eigenvalue weighted by atomic mass is 9.89. The fourth-order valence-electron chi connectivity index (χ4n) is 4.16. The normalized spacial score (nSPS) is 25.8. The number of hydrogen-bond acceptors (Lipinski definition) is 12. The van der Waals surface area contributed by atoms with E-state index in [0.29, 0.717) is 11.1 Å². The zero-order chi connectivity index (χ0) is 27.7. The maximum absolute atomic E-state index is 13.9. The fraction of sp³-hybridized carbons (Fsp3) is 0.458. The maximum Gasteiger partial charge on any atom is 0.459 e. The Labute approximate surface area is 218 Å². The van der Waals surface area contributed by atoms with Gasteiger partial charge < -0.3 is 34.4 Å². The van der Waals surface area contributed by atoms with Crippen LogP contribution in [0.3, 0.4) is 0 Å². The van der Waals surface area contributed by atoms with Gasteiger partial charge in [0.05, 0.1) is 20.0 Å². The monoisotopic (exact) mass is 550 g/mol. The number of carbonyl (C=O) groups is 1. The summed E-state index contributed by atoms with van der Waals surface area (Å²) in [5.41, 5.74) is 4.89. The standard InChI is InChI=1S/C24H31N4O9P/c1-13(2)17(23(30)33-4)28-38(32,37-14-8-6-5-7-9-14)35-11-16-20(29)24(3,31)21(36-16)15-10-34-19-18(15)26-12-27-22(19)25/h5-10,12-13,16-17,20-21,29,31H,11H2,1-4H3,(H,28,32)(H2,25,26,27)/t16-,17?,20-,21+,24-,38?/m1/s1. The summed E-state index contributed by atoms with van der Waals surface area (Å²) >= 11 is 0. The third-order valence-corrected chi connectivity index (χ3v) is 7.81. The Balaban J connectivity index is 1.58. The van der Waals surface area contributed by atoms with Crippen LogP contribution in [0.25, 0.3) is 11.1 Å². The predicted molar refractivity (Wildman–Crippen MR) is 135 cm³/mol. The van der Waals surface area contributed by atoms with Crippen molar-refractivity contribution in [2.75, 3.05) is 19.5 Å². The minimum Gasteiger partial charge on any atom is -0.468 e. The molecule has 13 nitrogen and oxygen atoms in total. The molecule has 0 saturated carbocycles. The topological polar surface area (TPSA) is 188 Å². The van der Waals surface area contributed by atoms with Gasteiger partial charge in [0.25, 0.3) is 0 Å². The Morgan fingerprint density at radius 2 is 2.00 bits per heavy atom. The van der Waals surface area contributed by atoms with Crippen molar-refractivity contribution in [3.05, 3.63) is 48.5 Å². The second kappa shape index (κ2) is 11.0. The number of methoxy groups -OCH3 is 1. The number of nitrogens with two attached hydrogens (primary N) is 1. The van der Waals surface area contributed by atoms with Gasteiger partial charge in [0.2, 0.25) is 0 Å². The highest BCUT2D eigenvalue weighted by molar-refractivity contribution is 7.52. The van der Waals surface area contributed by atoms with E-state index in [4.69, 9.17) is 28.7 Å². The van der Waals surface area contributed by atoms with Crippen molar-refractivity contribution in [2.45, 2.75) is 50.7 Å². The summed E-state index contributed by atoms with van der Waals surface area (Å²) in [6, 6.07) is 7.22. The van der Waals surface area contributed by atoms with Crippen LogP contribution in [0, 0.1) is 5.92 Å². The van der Waals surface area contributed by atoms with Crippen LogP contribution < -0.4 is 15.3 Å². The number of furan rings is 1. The number of nitrogen functional groups attached to an aromatic ring is 1. The lowest BCUT2D eigenvalue weighted by Crippen LogP contribution is -2.44. The van der Waals surface area contributed by atoms with Gasteiger partial charge in [-0.15, -0.1) is 0 Å². The lowest BCUT2D eigenvalue weighted by molar-refractivity contribution is -0.143. The molecule has 0 radical (unpaired) electrons. The van der Waals surface area contributed by atoms with Crippen LogP contribution >= 0.6 is 7.75 Å². The molecule has 0 aliphatic carbocycles. The first kappa shape index (κ1) is 28.0. The van der Waals surface area contributed by atoms with Crippen LogP contribution in [0.5, 0.6) is 5.75 Å². The highest BCUT2D eigenvalue weighted by atomic mass is 31.2. The van der Waals surface area contributed by atoms with Gasteiger partial charge in [-0.1, -0.05) is 32.0 Å². The van der Waals surface area contributed by atoms with E-state index < -0.39 is 50.3 Å². The van der Waals surface area contributed by atoms with Crippen LogP contribution in [0.2, 0.25) is 0 Å². The molecule has 6 atom stereocenters. The second-order valence-corrected chi connectivity index (χ2v) is 11.1. The summed E-state index contributed by atoms with van der Waals surface area (Å²) in [6.45, 7) is 4.39. The Hall–Kier alpha value is -3.06. The summed E-state index contributed by atoms with van der Waals surface area (Å²) in [5, 5.41) is 24.7. The Kier molecular flexibility index (Phi) is 8.07. The summed E-state index contributed by atoms with van der Waals surface area (Å²) in [4.78, 5) is 20.4. The molecule has 0 bridgehead atoms. The summed E-state index contributed by atoms with van der Waals surface area (Å²) in [7, 11) is -3.03. The van der Waals surface area contributed by atoms with Crippen molar-refractivity contribution in [3.8, 4) is 5.75 Å². The van der Waals surface area contributed by atoms with Crippen LogP contribution in [-0.4, -0.2) is 63.7 Å². The zero-order valence-corrected chi connectivity index (χ0v) is 22.2. The number of para-hydroxylation sites is 1. The highest BCUT2D eigenvalue weighted by Gasteiger charge is 2.54. The number of aromatic nitrogens is 2. The molecule has 2 aromatic heterocycles. The molecule has 14 heteroatoms. The molecule has 4 rings (SSSR count). The molecule has 2 unspecified atom stereocenters. The second-order valence-electron chi connectivity index (χ2n) is 9.42. The fourth-order valence-corrected chi connectivity index (χ4v) is 5.83. The molecular weight excluding hydrogens is 519 g/mol. The summed E-state index contributed by atoms with van der Waals surface area (Å²) in [5.74, 6) is -0.667. The van der Waals surface area contributed by atoms with E-state index in [1.165, 1.54) is 26.6 Å². The van der Waals surface area contributed by atoms with Crippen molar-refractivity contribution in [1.29, 1.82) is 0 Å². The first-order chi connectivity index (χ1) is 18.0. The molecule has 206 valence electrons. The number of hydrogen-bond donors (Lipinski definition) is 4. The molecule has 1 aliphatic heterocycles. The minimum absolute atomic E-state index is 0.106. The number of fused-ring (bicyclic) bond motifs is 1. The molecule has 5 N–H and O–H groups in total. The van der Waals surface area contributed by atoms with E-state index in [2.05, 4.69) is 15.1 Å². The predicted octanol–water partition coefficient (Wildman–Crippen LogP) is 2.35. The van der Waals surface area contributed by atoms with E-state index in [1.54, 1.807) is 44.2 Å². The molecule has 1 aliphatic rings. The molecule has 1 fully saturated rings. The number of nitrogens with one attached hydrogen (secondary N) is 1. The van der Waals surface area contributed by atoms with E-state index in [-0.39, 0.29) is 23.1 Å². The highest BCUT2D eigenvalue weighted by Crippen LogP contribution is 2.49. The van der Waals surface area contributed by atoms with Gasteiger partial charge in [0.1, 0.15) is 47.5 Å². The number of esters is 1. The van der Waals surface area contributed by atoms with Crippen LogP contribution in [0.4, 0.5) is 5.82 Å². The van der Waals surface area contributed by atoms with Gasteiger partial charge in [0, 0.05) is 5.56 Å². The average molecular weight is 551 g/mol. The Morgan fingerprint density at radius 3 is 2.66 bits per heavy atom. The van der Waals surface area contributed by atoms with Gasteiger partial charge in [-0.05, 0) is 25.0 Å². The van der Waals surface area contributed by atoms with E-state index >= 15 is 0 Å². The molecule has 3 aromatic rings. The Morgan fingerprint density at radius 1 is 1.29 bits per heavy atom. The zero-order valence-electron chi connectivity index (χ0n) is 21.3. The number of benzene rings is 1. The molecular formula is C24H31N4O9P. The number of aliphatic hydroxyl groups excluding tert-OH is 1. The molecule has 0 amide bonds. The van der Waals surface area contributed by atoms with Crippen LogP contribution in [0.1, 0.15) is 32.4 Å². The van der Waals surface area contributed by atoms with Crippen LogP contribution in [-0.2, 0) is 23.4 Å². The molecule has 1 aromatic carbocycles. The summed E-state index contributed by atoms with van der Waals surface area (Å²) in [6.07, 6.45) is -1.15. The minimum atomic E-state index is -4.24. The van der Waals surface area contributed by atoms with Gasteiger partial charge in [-0.2, -0.15) is 5.09 Å². The third-order valence-electron chi connectivity index (χ3n) is 6.28. The molecule has 3 heterocycles. The first-order valence-electron chi connectivity index (χ1n) is 11.8. The number of nitrogens with zero attached hydrogens (tertiary/aromatic N) is 2. The van der Waals surface area contributed by atoms with Crippen molar-refractivity contribution < 1.29 is 42.5 Å². The number of aliphatic hydroxyl groups is 2. The first-order valence-corrected chi connectivity index (χ1v) is 13.4. The molecule has 0 spiro atoms. The number of carbonyl (C=O) groups excluding carboxylic acids is 1. The van der Waals surface area contributed by atoms with Crippen molar-refractivity contribution in [2.24, 2.45) is 5.92 Å². The van der Waals surface area contributed by atoms with Gasteiger partial charge in [-0.3, -0.25) is 9.32 Å². The van der Waals surface area contributed by atoms with Crippen molar-refractivity contribution >= 4 is 30.6 Å². The maximum atomic E-state index is 13.9. The van der Waals surface area contributed by atoms with Gasteiger partial charge in [0.15, 0.2) is 11.4 Å². The largest absolute Gasteiger partial charge is 0.468 e. The lowest BCUT2D eigenvalue weighted by Gasteiger charge is -2.28. The molecule has 1 saturated heterocycles. The molecule has 38 heavy (non-hydrogen) atoms. The van der Waals surface area contributed by atoms with E-state index in [9.17, 15) is 19.6 Å². The van der Waals surface area contributed by atoms with Crippen molar-refractivity contribution in [1.82, 2.24) is 15.1 Å². The van der Waals surface area contributed by atoms with Crippen molar-refractivity contribution in [3.63, 3.8) is 0 Å². The Bertz CT molecular complexity index is 1320. The van der Waals surface area contributed by atoms with Gasteiger partial charge >= 0.3 is 13.7 Å². The quantitative estimate of drug-likeness (QED) is 0.213. The number of ether oxygens (including phenoxy) is 2. The average Bonchev–Trinajstić information content (AvgIpc) is 3.40. The smallest absolute Gasteiger partial charge is 0.459 e. The third kappa shape index (κ3) is 5.53. The SMILES string of the molecule is COC(=O)C(NP(=O)(OC[C@H]1O[C@@H](c2coc3c(N)ncnc23)[C@](C)(O)[C@@H]1O)Oc1ccccc1)C(C)C. The van der Waals surface area contributed by atoms with E-state index in [0.717, 1.165) is 0 Å². The van der Waals surface area contributed by atoms with E-state index in [1.807, 2.05) is 0 Å².